The van der Waals surface area contributed by atoms with Crippen LogP contribution >= 0.6 is 0 Å². The number of rotatable bonds is 6. The average molecular weight is 788 g/mol. The lowest BCUT2D eigenvalue weighted by molar-refractivity contribution is 1.17. The highest BCUT2D eigenvalue weighted by Gasteiger charge is 2.23. The summed E-state index contributed by atoms with van der Waals surface area (Å²) in [7, 11) is 0. The lowest BCUT2D eigenvalue weighted by Crippen LogP contribution is -1.98. The van der Waals surface area contributed by atoms with Gasteiger partial charge >= 0.3 is 0 Å². The molecule has 0 amide bonds. The van der Waals surface area contributed by atoms with Gasteiger partial charge in [0.1, 0.15) is 12.1 Å². The number of aromatic nitrogens is 2. The Labute approximate surface area is 358 Å². The number of hydrogen-bond acceptors (Lipinski definition) is 3. The summed E-state index contributed by atoms with van der Waals surface area (Å²) in [5, 5.41) is 36.8. The van der Waals surface area contributed by atoms with E-state index in [-0.39, 0.29) is 0 Å². The molecule has 5 heteroatoms. The Kier molecular flexibility index (Phi) is 8.57. The molecule has 0 aliphatic carbocycles. The van der Waals surface area contributed by atoms with Crippen LogP contribution in [0, 0.1) is 34.0 Å². The lowest BCUT2D eigenvalue weighted by atomic mass is 9.83. The van der Waals surface area contributed by atoms with E-state index in [2.05, 4.69) is 130 Å². The second-order valence-corrected chi connectivity index (χ2v) is 15.4. The number of nitrogens with zero attached hydrogens (tertiary/aromatic N) is 5. The van der Waals surface area contributed by atoms with E-state index in [0.717, 1.165) is 77.6 Å². The minimum atomic E-state index is 0.387. The SMILES string of the molecule is N#Cc1cc(-c2cc(-c3ccccc3)c(C#N)c(-c3ccccc3)c2C#N)ccc1-c1ccc2c3cc4c(cc3n(-c3ccccc3)c2c1)c1ccccc1n4-c1ccccc1. The standard InChI is InChI=1S/C57H33N5/c58-34-41-29-39(48-31-47(37-15-5-1-6-16-37)51(35-59)57(52(48)36-60)38-17-7-2-8-18-38)25-27-44(41)40-26-28-46-50-33-55-49(32-56(50)62(54(46)30-40)43-21-11-4-12-22-43)45-23-13-14-24-53(45)61(55)42-19-9-3-10-20-42/h1-33H. The molecular formula is C57H33N5. The zero-order chi connectivity index (χ0) is 41.7. The Balaban J connectivity index is 1.13. The molecule has 0 saturated carbocycles. The maximum atomic E-state index is 10.8. The van der Waals surface area contributed by atoms with Crippen LogP contribution in [0.4, 0.5) is 0 Å². The fraction of sp³-hybridized carbons (Fsp3) is 0. The summed E-state index contributed by atoms with van der Waals surface area (Å²) in [6.45, 7) is 0. The summed E-state index contributed by atoms with van der Waals surface area (Å²) >= 11 is 0. The molecule has 0 unspecified atom stereocenters. The zero-order valence-electron chi connectivity index (χ0n) is 33.3. The highest BCUT2D eigenvalue weighted by molar-refractivity contribution is 6.19. The van der Waals surface area contributed by atoms with Crippen LogP contribution in [0.15, 0.2) is 200 Å². The van der Waals surface area contributed by atoms with Gasteiger partial charge in [0, 0.05) is 49.6 Å². The van der Waals surface area contributed by atoms with Gasteiger partial charge in [0.05, 0.1) is 44.8 Å². The van der Waals surface area contributed by atoms with E-state index in [9.17, 15) is 15.8 Å². The van der Waals surface area contributed by atoms with Crippen LogP contribution in [0.25, 0.3) is 99.5 Å². The maximum Gasteiger partial charge on any atom is 0.100 e. The third-order valence-corrected chi connectivity index (χ3v) is 12.0. The Morgan fingerprint density at radius 2 is 0.774 bits per heavy atom. The molecule has 0 spiro atoms. The first-order valence-corrected chi connectivity index (χ1v) is 20.4. The summed E-state index contributed by atoms with van der Waals surface area (Å²) in [6, 6.07) is 75.2. The number of fused-ring (bicyclic) bond motifs is 6. The van der Waals surface area contributed by atoms with Gasteiger partial charge in [-0.2, -0.15) is 15.8 Å². The summed E-state index contributed by atoms with van der Waals surface area (Å²) in [6.07, 6.45) is 0. The van der Waals surface area contributed by atoms with Crippen molar-refractivity contribution < 1.29 is 0 Å². The number of para-hydroxylation sites is 3. The van der Waals surface area contributed by atoms with E-state index in [1.807, 2.05) is 97.1 Å². The topological polar surface area (TPSA) is 81.2 Å². The van der Waals surface area contributed by atoms with Crippen LogP contribution in [-0.4, -0.2) is 9.13 Å². The molecule has 0 fully saturated rings. The molecule has 0 aliphatic rings. The predicted octanol–water partition coefficient (Wildman–Crippen LogP) is 14.2. The van der Waals surface area contributed by atoms with E-state index in [0.29, 0.717) is 27.8 Å². The van der Waals surface area contributed by atoms with Crippen molar-refractivity contribution in [3.63, 3.8) is 0 Å². The number of nitriles is 3. The van der Waals surface area contributed by atoms with Crippen molar-refractivity contribution in [1.29, 1.82) is 15.8 Å². The summed E-state index contributed by atoms with van der Waals surface area (Å²) in [4.78, 5) is 0. The Morgan fingerprint density at radius 3 is 1.37 bits per heavy atom. The first-order chi connectivity index (χ1) is 30.6. The highest BCUT2D eigenvalue weighted by atomic mass is 15.0. The van der Waals surface area contributed by atoms with Crippen LogP contribution < -0.4 is 0 Å². The van der Waals surface area contributed by atoms with Crippen molar-refractivity contribution in [2.75, 3.05) is 0 Å². The molecule has 11 rings (SSSR count). The largest absolute Gasteiger partial charge is 0.309 e. The first kappa shape index (κ1) is 36.2. The molecule has 2 heterocycles. The highest BCUT2D eigenvalue weighted by Crippen LogP contribution is 2.44. The van der Waals surface area contributed by atoms with Crippen LogP contribution in [0.1, 0.15) is 16.7 Å². The normalized spacial score (nSPS) is 11.2. The summed E-state index contributed by atoms with van der Waals surface area (Å²) < 4.78 is 4.68. The van der Waals surface area contributed by atoms with Crippen LogP contribution in [0.2, 0.25) is 0 Å². The Bertz CT molecular complexity index is 3690. The van der Waals surface area contributed by atoms with E-state index < -0.39 is 0 Å². The molecule has 5 nitrogen and oxygen atoms in total. The van der Waals surface area contributed by atoms with Gasteiger partial charge in [-0.3, -0.25) is 0 Å². The molecule has 0 N–H and O–H groups in total. The van der Waals surface area contributed by atoms with Gasteiger partial charge in [-0.05, 0) is 88.5 Å². The minimum Gasteiger partial charge on any atom is -0.309 e. The molecule has 2 aromatic heterocycles. The fourth-order valence-electron chi connectivity index (χ4n) is 9.29. The van der Waals surface area contributed by atoms with Gasteiger partial charge in [0.2, 0.25) is 0 Å². The van der Waals surface area contributed by atoms with Gasteiger partial charge < -0.3 is 9.13 Å². The smallest absolute Gasteiger partial charge is 0.100 e. The predicted molar refractivity (Wildman–Crippen MR) is 251 cm³/mol. The van der Waals surface area contributed by atoms with Crippen LogP contribution in [-0.2, 0) is 0 Å². The second-order valence-electron chi connectivity index (χ2n) is 15.4. The Morgan fingerprint density at radius 1 is 0.306 bits per heavy atom. The van der Waals surface area contributed by atoms with E-state index in [4.69, 9.17) is 0 Å². The van der Waals surface area contributed by atoms with Crippen molar-refractivity contribution in [3.05, 3.63) is 217 Å². The van der Waals surface area contributed by atoms with Crippen molar-refractivity contribution in [3.8, 4) is 74.1 Å². The molecule has 286 valence electrons. The third kappa shape index (κ3) is 5.68. The Hall–Kier alpha value is -8.95. The molecule has 0 radical (unpaired) electrons. The number of benzene rings is 9. The summed E-state index contributed by atoms with van der Waals surface area (Å²) in [5.41, 5.74) is 13.9. The number of hydrogen-bond donors (Lipinski definition) is 0. The molecule has 0 saturated heterocycles. The zero-order valence-corrected chi connectivity index (χ0v) is 33.3. The molecule has 11 aromatic rings. The molecule has 0 aliphatic heterocycles. The van der Waals surface area contributed by atoms with Gasteiger partial charge in [0.25, 0.3) is 0 Å². The summed E-state index contributed by atoms with van der Waals surface area (Å²) in [5.74, 6) is 0. The molecule has 9 aromatic carbocycles. The second kappa shape index (κ2) is 14.7. The van der Waals surface area contributed by atoms with Gasteiger partial charge in [-0.25, -0.2) is 0 Å². The van der Waals surface area contributed by atoms with E-state index >= 15 is 0 Å². The molecule has 0 bridgehead atoms. The lowest BCUT2D eigenvalue weighted by Gasteiger charge is -2.17. The van der Waals surface area contributed by atoms with Crippen LogP contribution in [0.3, 0.4) is 0 Å². The van der Waals surface area contributed by atoms with Crippen molar-refractivity contribution in [1.82, 2.24) is 9.13 Å². The van der Waals surface area contributed by atoms with Gasteiger partial charge in [-0.1, -0.05) is 140 Å². The monoisotopic (exact) mass is 787 g/mol. The first-order valence-electron chi connectivity index (χ1n) is 20.4. The fourth-order valence-corrected chi connectivity index (χ4v) is 9.29. The van der Waals surface area contributed by atoms with Gasteiger partial charge in [0.15, 0.2) is 0 Å². The molecule has 0 atom stereocenters. The van der Waals surface area contributed by atoms with Crippen molar-refractivity contribution in [2.24, 2.45) is 0 Å². The van der Waals surface area contributed by atoms with Crippen molar-refractivity contribution >= 4 is 43.6 Å². The minimum absolute atomic E-state index is 0.387. The third-order valence-electron chi connectivity index (χ3n) is 12.0. The average Bonchev–Trinajstić information content (AvgIpc) is 3.84. The molecular weight excluding hydrogens is 755 g/mol. The van der Waals surface area contributed by atoms with E-state index in [1.54, 1.807) is 0 Å². The van der Waals surface area contributed by atoms with Gasteiger partial charge in [-0.15, -0.1) is 0 Å². The van der Waals surface area contributed by atoms with Crippen LogP contribution in [0.5, 0.6) is 0 Å². The quantitative estimate of drug-likeness (QED) is 0.168. The maximum absolute atomic E-state index is 10.8. The van der Waals surface area contributed by atoms with Crippen molar-refractivity contribution in [2.45, 2.75) is 0 Å². The molecule has 62 heavy (non-hydrogen) atoms. The van der Waals surface area contributed by atoms with E-state index in [1.165, 1.54) is 10.8 Å².